The van der Waals surface area contributed by atoms with Gasteiger partial charge in [0.15, 0.2) is 0 Å². The normalized spacial score (nSPS) is 9.83. The van der Waals surface area contributed by atoms with Crippen LogP contribution in [-0.4, -0.2) is 4.92 Å². The van der Waals surface area contributed by atoms with Gasteiger partial charge in [0.05, 0.1) is 4.92 Å². The minimum atomic E-state index is -0.553. The standard InChI is InChI=1S/C6H6N2O2S2/c7-3-1-5(11)6(12)2-4(3)8(9)10/h1-2,11-12H,7H2. The third-order valence-electron chi connectivity index (χ3n) is 1.32. The molecule has 1 rings (SSSR count). The van der Waals surface area contributed by atoms with Gasteiger partial charge in [-0.2, -0.15) is 0 Å². The Morgan fingerprint density at radius 2 is 1.83 bits per heavy atom. The number of nitrogens with zero attached hydrogens (tertiary/aromatic N) is 1. The van der Waals surface area contributed by atoms with Crippen LogP contribution >= 0.6 is 25.3 Å². The Balaban J connectivity index is 3.33. The van der Waals surface area contributed by atoms with Crippen molar-refractivity contribution in [2.45, 2.75) is 9.79 Å². The average molecular weight is 202 g/mol. The lowest BCUT2D eigenvalue weighted by Crippen LogP contribution is -1.95. The lowest BCUT2D eigenvalue weighted by atomic mass is 10.3. The van der Waals surface area contributed by atoms with Gasteiger partial charge in [-0.05, 0) is 6.07 Å². The molecule has 0 heterocycles. The van der Waals surface area contributed by atoms with Crippen LogP contribution in [0.1, 0.15) is 0 Å². The Morgan fingerprint density at radius 1 is 1.33 bits per heavy atom. The van der Waals surface area contributed by atoms with Crippen LogP contribution in [0.3, 0.4) is 0 Å². The summed E-state index contributed by atoms with van der Waals surface area (Å²) >= 11 is 7.98. The summed E-state index contributed by atoms with van der Waals surface area (Å²) in [6, 6.07) is 2.68. The van der Waals surface area contributed by atoms with Crippen LogP contribution < -0.4 is 5.73 Å². The first-order valence-corrected chi connectivity index (χ1v) is 3.87. The second-order valence-electron chi connectivity index (χ2n) is 2.16. The smallest absolute Gasteiger partial charge is 0.293 e. The predicted octanol–water partition coefficient (Wildman–Crippen LogP) is 1.75. The maximum atomic E-state index is 10.4. The van der Waals surface area contributed by atoms with E-state index in [0.717, 1.165) is 0 Å². The summed E-state index contributed by atoms with van der Waals surface area (Å²) in [5, 5.41) is 10.4. The molecule has 1 aromatic rings. The molecule has 0 amide bonds. The molecule has 2 N–H and O–H groups in total. The Kier molecular flexibility index (Phi) is 2.49. The highest BCUT2D eigenvalue weighted by molar-refractivity contribution is 7.83. The first-order chi connectivity index (χ1) is 5.52. The van der Waals surface area contributed by atoms with E-state index in [0.29, 0.717) is 9.79 Å². The van der Waals surface area contributed by atoms with Crippen molar-refractivity contribution < 1.29 is 4.92 Å². The van der Waals surface area contributed by atoms with Crippen molar-refractivity contribution in [3.8, 4) is 0 Å². The fraction of sp³-hybridized carbons (Fsp3) is 0. The molecule has 0 unspecified atom stereocenters. The predicted molar refractivity (Wildman–Crippen MR) is 52.0 cm³/mol. The molecule has 0 saturated carbocycles. The molecule has 4 nitrogen and oxygen atoms in total. The van der Waals surface area contributed by atoms with Crippen LogP contribution in [0, 0.1) is 10.1 Å². The molecule has 64 valence electrons. The lowest BCUT2D eigenvalue weighted by Gasteiger charge is -2.00. The highest BCUT2D eigenvalue weighted by atomic mass is 32.1. The second kappa shape index (κ2) is 3.24. The Hall–Kier alpha value is -0.880. The van der Waals surface area contributed by atoms with Crippen molar-refractivity contribution in [1.82, 2.24) is 0 Å². The van der Waals surface area contributed by atoms with Gasteiger partial charge in [0.1, 0.15) is 5.69 Å². The van der Waals surface area contributed by atoms with Gasteiger partial charge in [0, 0.05) is 15.9 Å². The van der Waals surface area contributed by atoms with Gasteiger partial charge in [-0.15, -0.1) is 25.3 Å². The molecule has 6 heteroatoms. The summed E-state index contributed by atoms with van der Waals surface area (Å²) in [5.41, 5.74) is 5.33. The van der Waals surface area contributed by atoms with Crippen LogP contribution in [0.25, 0.3) is 0 Å². The molecule has 0 radical (unpaired) electrons. The van der Waals surface area contributed by atoms with E-state index in [-0.39, 0.29) is 11.4 Å². The van der Waals surface area contributed by atoms with E-state index in [2.05, 4.69) is 25.3 Å². The molecule has 0 spiro atoms. The highest BCUT2D eigenvalue weighted by Gasteiger charge is 2.12. The first kappa shape index (κ1) is 9.21. The number of nitrogens with two attached hydrogens (primary N) is 1. The molecule has 0 saturated heterocycles. The van der Waals surface area contributed by atoms with E-state index in [1.807, 2.05) is 0 Å². The summed E-state index contributed by atoms with van der Waals surface area (Å²) in [6.45, 7) is 0. The van der Waals surface area contributed by atoms with Gasteiger partial charge >= 0.3 is 0 Å². The van der Waals surface area contributed by atoms with E-state index in [9.17, 15) is 10.1 Å². The molecule has 1 aromatic carbocycles. The molecule has 0 atom stereocenters. The average Bonchev–Trinajstić information content (AvgIpc) is 1.96. The molecule has 0 bridgehead atoms. The zero-order valence-corrected chi connectivity index (χ0v) is 7.68. The van der Waals surface area contributed by atoms with E-state index >= 15 is 0 Å². The van der Waals surface area contributed by atoms with Crippen LogP contribution in [0.4, 0.5) is 11.4 Å². The SMILES string of the molecule is Nc1cc(S)c(S)cc1[N+](=O)[O-]. The number of nitrogen functional groups attached to an aromatic ring is 1. The summed E-state index contributed by atoms with van der Waals surface area (Å²) in [4.78, 5) is 10.8. The van der Waals surface area contributed by atoms with E-state index in [1.165, 1.54) is 12.1 Å². The van der Waals surface area contributed by atoms with Crippen molar-refractivity contribution in [1.29, 1.82) is 0 Å². The van der Waals surface area contributed by atoms with Crippen molar-refractivity contribution in [2.75, 3.05) is 5.73 Å². The lowest BCUT2D eigenvalue weighted by molar-refractivity contribution is -0.384. The Bertz CT molecular complexity index is 341. The number of thiol groups is 2. The molecular formula is C6H6N2O2S2. The molecule has 0 aliphatic rings. The Morgan fingerprint density at radius 3 is 2.33 bits per heavy atom. The van der Waals surface area contributed by atoms with Crippen LogP contribution in [0.5, 0.6) is 0 Å². The minimum absolute atomic E-state index is 0.0998. The first-order valence-electron chi connectivity index (χ1n) is 2.98. The molecule has 0 fully saturated rings. The largest absolute Gasteiger partial charge is 0.393 e. The monoisotopic (exact) mass is 202 g/mol. The number of nitro groups is 1. The number of rotatable bonds is 1. The van der Waals surface area contributed by atoms with Gasteiger partial charge in [0.2, 0.25) is 0 Å². The summed E-state index contributed by atoms with van der Waals surface area (Å²) in [6.07, 6.45) is 0. The maximum absolute atomic E-state index is 10.4. The highest BCUT2D eigenvalue weighted by Crippen LogP contribution is 2.29. The third-order valence-corrected chi connectivity index (χ3v) is 2.24. The van der Waals surface area contributed by atoms with Crippen molar-refractivity contribution in [3.05, 3.63) is 22.2 Å². The maximum Gasteiger partial charge on any atom is 0.293 e. The molecule has 0 aliphatic heterocycles. The molecule has 0 aliphatic carbocycles. The topological polar surface area (TPSA) is 69.2 Å². The number of anilines is 1. The number of nitro benzene ring substituents is 1. The van der Waals surface area contributed by atoms with E-state index in [1.54, 1.807) is 0 Å². The van der Waals surface area contributed by atoms with Crippen molar-refractivity contribution in [2.24, 2.45) is 0 Å². The van der Waals surface area contributed by atoms with Gasteiger partial charge in [0.25, 0.3) is 5.69 Å². The number of benzene rings is 1. The van der Waals surface area contributed by atoms with Crippen LogP contribution in [0.2, 0.25) is 0 Å². The number of hydrogen-bond acceptors (Lipinski definition) is 5. The zero-order chi connectivity index (χ0) is 9.30. The second-order valence-corrected chi connectivity index (χ2v) is 3.12. The third kappa shape index (κ3) is 1.64. The zero-order valence-electron chi connectivity index (χ0n) is 5.89. The summed E-state index contributed by atoms with van der Waals surface area (Å²) in [7, 11) is 0. The van der Waals surface area contributed by atoms with Crippen LogP contribution in [-0.2, 0) is 0 Å². The summed E-state index contributed by atoms with van der Waals surface area (Å²) < 4.78 is 0. The van der Waals surface area contributed by atoms with Gasteiger partial charge < -0.3 is 5.73 Å². The van der Waals surface area contributed by atoms with Crippen molar-refractivity contribution >= 4 is 36.6 Å². The number of hydrogen-bond donors (Lipinski definition) is 3. The molecule has 0 aromatic heterocycles. The van der Waals surface area contributed by atoms with Crippen LogP contribution in [0.15, 0.2) is 21.9 Å². The van der Waals surface area contributed by atoms with Gasteiger partial charge in [-0.3, -0.25) is 10.1 Å². The van der Waals surface area contributed by atoms with Gasteiger partial charge in [-0.25, -0.2) is 0 Å². The van der Waals surface area contributed by atoms with E-state index < -0.39 is 4.92 Å². The summed E-state index contributed by atoms with van der Waals surface area (Å²) in [5.74, 6) is 0. The Labute approximate surface area is 79.7 Å². The fourth-order valence-corrected chi connectivity index (χ4v) is 1.13. The minimum Gasteiger partial charge on any atom is -0.393 e. The molecular weight excluding hydrogens is 196 g/mol. The van der Waals surface area contributed by atoms with E-state index in [4.69, 9.17) is 5.73 Å². The van der Waals surface area contributed by atoms with Crippen molar-refractivity contribution in [3.63, 3.8) is 0 Å². The van der Waals surface area contributed by atoms with Gasteiger partial charge in [-0.1, -0.05) is 0 Å². The fourth-order valence-electron chi connectivity index (χ4n) is 0.740. The molecule has 12 heavy (non-hydrogen) atoms. The quantitative estimate of drug-likeness (QED) is 0.281.